The fraction of sp³-hybridized carbons (Fsp3) is 0.241. The summed E-state index contributed by atoms with van der Waals surface area (Å²) in [4.78, 5) is 10.4. The highest BCUT2D eigenvalue weighted by Crippen LogP contribution is 2.51. The van der Waals surface area contributed by atoms with E-state index in [0.29, 0.717) is 38.3 Å². The van der Waals surface area contributed by atoms with Crippen LogP contribution in [-0.2, 0) is 22.6 Å². The van der Waals surface area contributed by atoms with Crippen LogP contribution in [0.15, 0.2) is 79.1 Å². The van der Waals surface area contributed by atoms with Gasteiger partial charge in [0.25, 0.3) is 0 Å². The van der Waals surface area contributed by atoms with Crippen LogP contribution in [0.5, 0.6) is 5.88 Å². The fourth-order valence-corrected chi connectivity index (χ4v) is 5.33. The van der Waals surface area contributed by atoms with Crippen LogP contribution in [0.4, 0.5) is 0 Å². The highest BCUT2D eigenvalue weighted by atomic mass is 35.5. The van der Waals surface area contributed by atoms with Crippen molar-refractivity contribution >= 4 is 23.2 Å². The van der Waals surface area contributed by atoms with Crippen molar-refractivity contribution in [3.63, 3.8) is 0 Å². The van der Waals surface area contributed by atoms with Crippen molar-refractivity contribution in [2.45, 2.75) is 31.0 Å². The Morgan fingerprint density at radius 3 is 2.32 bits per heavy atom. The summed E-state index contributed by atoms with van der Waals surface area (Å²) >= 11 is 12.3. The third-order valence-corrected chi connectivity index (χ3v) is 7.59. The van der Waals surface area contributed by atoms with Crippen molar-refractivity contribution in [2.24, 2.45) is 0 Å². The van der Waals surface area contributed by atoms with E-state index in [2.05, 4.69) is 9.97 Å². The molecule has 0 bridgehead atoms. The highest BCUT2D eigenvalue weighted by Gasteiger charge is 2.52. The summed E-state index contributed by atoms with van der Waals surface area (Å²) in [5, 5.41) is 24.5. The molecule has 38 heavy (non-hydrogen) atoms. The second kappa shape index (κ2) is 10.3. The van der Waals surface area contributed by atoms with Crippen LogP contribution in [-0.4, -0.2) is 39.3 Å². The molecule has 0 aliphatic carbocycles. The van der Waals surface area contributed by atoms with Gasteiger partial charge in [0.15, 0.2) is 5.72 Å². The van der Waals surface area contributed by atoms with Gasteiger partial charge in [0.05, 0.1) is 17.8 Å². The Balaban J connectivity index is 1.65. The minimum absolute atomic E-state index is 0.261. The Morgan fingerprint density at radius 1 is 0.947 bits per heavy atom. The summed E-state index contributed by atoms with van der Waals surface area (Å²) in [6.07, 6.45) is 2.09. The lowest BCUT2D eigenvalue weighted by molar-refractivity contribution is -0.165. The van der Waals surface area contributed by atoms with Crippen molar-refractivity contribution < 1.29 is 19.7 Å². The summed E-state index contributed by atoms with van der Waals surface area (Å²) in [5.41, 5.74) is 1.51. The molecule has 0 radical (unpaired) electrons. The monoisotopic (exact) mass is 551 g/mol. The molecule has 2 aromatic carbocycles. The van der Waals surface area contributed by atoms with E-state index in [1.165, 1.54) is 7.11 Å². The van der Waals surface area contributed by atoms with E-state index < -0.39 is 17.6 Å². The number of aliphatic hydroxyl groups is 2. The molecule has 1 aliphatic rings. The first-order valence-corrected chi connectivity index (χ1v) is 12.7. The predicted molar refractivity (Wildman–Crippen MR) is 145 cm³/mol. The number of fused-ring (bicyclic) bond motifs is 1. The fourth-order valence-electron chi connectivity index (χ4n) is 5.09. The predicted octanol–water partition coefficient (Wildman–Crippen LogP) is 5.40. The molecule has 3 atom stereocenters. The lowest BCUT2D eigenvalue weighted by Crippen LogP contribution is -2.45. The van der Waals surface area contributed by atoms with Gasteiger partial charge in [0, 0.05) is 53.8 Å². The molecule has 9 heteroatoms. The quantitative estimate of drug-likeness (QED) is 0.317. The second-order valence-corrected chi connectivity index (χ2v) is 10.2. The van der Waals surface area contributed by atoms with Crippen LogP contribution < -0.4 is 4.74 Å². The topological polar surface area (TPSA) is 87.9 Å². The number of pyridine rings is 2. The van der Waals surface area contributed by atoms with Crippen LogP contribution in [0.3, 0.4) is 0 Å². The molecule has 3 heterocycles. The minimum atomic E-state index is -1.38. The van der Waals surface area contributed by atoms with Gasteiger partial charge in [-0.2, -0.15) is 0 Å². The summed E-state index contributed by atoms with van der Waals surface area (Å²) in [7, 11) is 3.13. The number of ether oxygens (including phenoxy) is 2. The molecular formula is C29H27Cl2N3O4. The van der Waals surface area contributed by atoms with Crippen molar-refractivity contribution in [3.05, 3.63) is 123 Å². The third-order valence-electron chi connectivity index (χ3n) is 7.11. The number of hydrogen-bond acceptors (Lipinski definition) is 7. The molecule has 0 amide bonds. The summed E-state index contributed by atoms with van der Waals surface area (Å²) in [6, 6.07) is 19.9. The van der Waals surface area contributed by atoms with Gasteiger partial charge in [-0.3, -0.25) is 4.98 Å². The maximum atomic E-state index is 11.7. The number of nitrogens with zero attached hydrogens (tertiary/aromatic N) is 3. The average Bonchev–Trinajstić information content (AvgIpc) is 3.17. The molecule has 1 aliphatic heterocycles. The van der Waals surface area contributed by atoms with Crippen LogP contribution in [0.1, 0.15) is 46.7 Å². The largest absolute Gasteiger partial charge is 0.481 e. The Hall–Kier alpha value is -3.04. The molecule has 0 fully saturated rings. The van der Waals surface area contributed by atoms with Crippen molar-refractivity contribution in [2.75, 3.05) is 14.2 Å². The van der Waals surface area contributed by atoms with E-state index >= 15 is 0 Å². The zero-order valence-corrected chi connectivity index (χ0v) is 22.6. The van der Waals surface area contributed by atoms with Crippen molar-refractivity contribution in [3.8, 4) is 5.88 Å². The van der Waals surface area contributed by atoms with E-state index in [0.717, 1.165) is 11.1 Å². The average molecular weight is 552 g/mol. The van der Waals surface area contributed by atoms with E-state index in [-0.39, 0.29) is 6.54 Å². The van der Waals surface area contributed by atoms with E-state index in [1.54, 1.807) is 56.8 Å². The number of rotatable bonds is 7. The van der Waals surface area contributed by atoms with E-state index in [9.17, 15) is 10.2 Å². The number of halogens is 2. The van der Waals surface area contributed by atoms with Gasteiger partial charge in [-0.05, 0) is 54.4 Å². The Morgan fingerprint density at radius 2 is 1.66 bits per heavy atom. The van der Waals surface area contributed by atoms with Crippen LogP contribution >= 0.6 is 23.2 Å². The molecule has 2 aromatic heterocycles. The second-order valence-electron chi connectivity index (χ2n) is 9.29. The van der Waals surface area contributed by atoms with Gasteiger partial charge in [0.1, 0.15) is 11.8 Å². The minimum Gasteiger partial charge on any atom is -0.481 e. The normalized spacial score (nSPS) is 20.7. The highest BCUT2D eigenvalue weighted by molar-refractivity contribution is 6.30. The van der Waals surface area contributed by atoms with Gasteiger partial charge >= 0.3 is 0 Å². The summed E-state index contributed by atoms with van der Waals surface area (Å²) in [6.45, 7) is 1.96. The molecule has 4 aromatic rings. The number of methoxy groups -OCH3 is 2. The Labute approximate surface area is 231 Å². The molecule has 7 nitrogen and oxygen atoms in total. The molecule has 2 N–H and O–H groups in total. The van der Waals surface area contributed by atoms with Gasteiger partial charge in [-0.15, -0.1) is 0 Å². The van der Waals surface area contributed by atoms with Gasteiger partial charge in [-0.1, -0.05) is 47.5 Å². The molecule has 196 valence electrons. The molecule has 0 spiro atoms. The molecule has 5 rings (SSSR count). The lowest BCUT2D eigenvalue weighted by atomic mass is 9.85. The number of benzene rings is 2. The Bertz CT molecular complexity index is 1450. The first kappa shape index (κ1) is 26.6. The van der Waals surface area contributed by atoms with Crippen LogP contribution in [0, 0.1) is 0 Å². The van der Waals surface area contributed by atoms with Crippen molar-refractivity contribution in [1.29, 1.82) is 0 Å². The van der Waals surface area contributed by atoms with Gasteiger partial charge < -0.3 is 19.7 Å². The molecule has 0 saturated heterocycles. The zero-order chi connectivity index (χ0) is 27.1. The van der Waals surface area contributed by atoms with Crippen LogP contribution in [0.2, 0.25) is 10.0 Å². The zero-order valence-electron chi connectivity index (χ0n) is 21.1. The molecular weight excluding hydrogens is 525 g/mol. The smallest absolute Gasteiger partial charge is 0.213 e. The number of hydrogen-bond donors (Lipinski definition) is 2. The molecule has 2 unspecified atom stereocenters. The summed E-state index contributed by atoms with van der Waals surface area (Å²) in [5.74, 6) is 0.395. The first-order valence-electron chi connectivity index (χ1n) is 11.9. The van der Waals surface area contributed by atoms with Crippen LogP contribution in [0.25, 0.3) is 0 Å². The molecule has 0 saturated carbocycles. The third kappa shape index (κ3) is 4.45. The SMILES string of the molecule is COc1cc(C(C)(O)c2ccc3c(c2)C(O)N(Cc2ccc(Cl)cn2)[C@@]3(OC)c2ccc(Cl)cc2)ccn1. The maximum absolute atomic E-state index is 11.7. The van der Waals surface area contributed by atoms with Gasteiger partial charge in [-0.25, -0.2) is 9.88 Å². The number of aliphatic hydroxyl groups excluding tert-OH is 1. The lowest BCUT2D eigenvalue weighted by Gasteiger charge is -2.39. The number of aromatic nitrogens is 2. The Kier molecular flexibility index (Phi) is 7.17. The van der Waals surface area contributed by atoms with Crippen molar-refractivity contribution in [1.82, 2.24) is 14.9 Å². The maximum Gasteiger partial charge on any atom is 0.213 e. The summed E-state index contributed by atoms with van der Waals surface area (Å²) < 4.78 is 11.5. The van der Waals surface area contributed by atoms with Gasteiger partial charge in [0.2, 0.25) is 5.88 Å². The van der Waals surface area contributed by atoms with E-state index in [1.807, 2.05) is 41.3 Å². The van der Waals surface area contributed by atoms with E-state index in [4.69, 9.17) is 32.7 Å². The standard InChI is InChI=1S/C29H27Cl2N3O4/c1-28(36,20-12-13-32-26(15-20)37-2)19-6-11-25-24(14-19)27(35)34(17-23-10-9-22(31)16-33-23)29(25,38-3)18-4-7-21(30)8-5-18/h4-16,27,35-36H,17H2,1-3H3/t27?,28?,29-/m1/s1. The first-order chi connectivity index (χ1) is 18.2.